The number of hydrogen-bond acceptors (Lipinski definition) is 6. The molecule has 0 atom stereocenters. The van der Waals surface area contributed by atoms with E-state index in [9.17, 15) is 24.8 Å². The van der Waals surface area contributed by atoms with Crippen molar-refractivity contribution < 1.29 is 24.4 Å². The number of nitro groups is 1. The minimum atomic E-state index is -1.31. The predicted molar refractivity (Wildman–Crippen MR) is 116 cm³/mol. The molecule has 0 aliphatic carbocycles. The van der Waals surface area contributed by atoms with Crippen molar-refractivity contribution in [2.45, 2.75) is 0 Å². The van der Waals surface area contributed by atoms with Crippen LogP contribution in [0.25, 0.3) is 0 Å². The van der Waals surface area contributed by atoms with Gasteiger partial charge in [0.05, 0.1) is 26.8 Å². The molecule has 0 bridgehead atoms. The summed E-state index contributed by atoms with van der Waals surface area (Å²) in [5, 5.41) is 23.1. The molecule has 154 valence electrons. The number of halogens is 2. The number of nitrogens with one attached hydrogen (secondary N) is 1. The molecule has 31 heavy (non-hydrogen) atoms. The SMILES string of the molecule is O=C(Nc1ccc(Oc2ccc([N+](=O)[O-])cn2)cc1C(=O)O)c1ccc(Cl)cc1Cl.[LiH]. The van der Waals surface area contributed by atoms with Gasteiger partial charge in [-0.15, -0.1) is 0 Å². The van der Waals surface area contributed by atoms with Crippen LogP contribution in [0.4, 0.5) is 11.4 Å². The molecule has 0 fully saturated rings. The zero-order valence-corrected chi connectivity index (χ0v) is 16.3. The van der Waals surface area contributed by atoms with Gasteiger partial charge >= 0.3 is 24.8 Å². The Kier molecular flexibility index (Phi) is 8.02. The Labute approximate surface area is 197 Å². The number of nitrogens with zero attached hydrogens (tertiary/aromatic N) is 2. The number of carboxylic acid groups (broad SMARTS) is 1. The van der Waals surface area contributed by atoms with Gasteiger partial charge in [-0.1, -0.05) is 23.2 Å². The van der Waals surface area contributed by atoms with E-state index >= 15 is 0 Å². The van der Waals surface area contributed by atoms with E-state index in [1.165, 1.54) is 48.5 Å². The van der Waals surface area contributed by atoms with Gasteiger partial charge in [-0.2, -0.15) is 0 Å². The number of pyridine rings is 1. The van der Waals surface area contributed by atoms with E-state index in [1.807, 2.05) is 0 Å². The molecule has 3 rings (SSSR count). The van der Waals surface area contributed by atoms with Gasteiger partial charge in [0, 0.05) is 17.2 Å². The van der Waals surface area contributed by atoms with Crippen LogP contribution in [0.15, 0.2) is 54.7 Å². The maximum absolute atomic E-state index is 12.5. The molecule has 2 aromatic carbocycles. The van der Waals surface area contributed by atoms with Crippen LogP contribution in [0.3, 0.4) is 0 Å². The first kappa shape index (κ1) is 24.2. The first-order valence-electron chi connectivity index (χ1n) is 8.16. The first-order valence-corrected chi connectivity index (χ1v) is 8.92. The second-order valence-electron chi connectivity index (χ2n) is 5.80. The molecule has 1 amide bonds. The van der Waals surface area contributed by atoms with E-state index in [4.69, 9.17) is 27.9 Å². The van der Waals surface area contributed by atoms with Crippen LogP contribution in [0.1, 0.15) is 20.7 Å². The fraction of sp³-hybridized carbons (Fsp3) is 0. The molecule has 9 nitrogen and oxygen atoms in total. The number of aromatic carboxylic acids is 1. The quantitative estimate of drug-likeness (QED) is 0.320. The number of carboxylic acids is 1. The third-order valence-corrected chi connectivity index (χ3v) is 4.35. The zero-order valence-electron chi connectivity index (χ0n) is 14.8. The third kappa shape index (κ3) is 5.96. The van der Waals surface area contributed by atoms with Gasteiger partial charge in [-0.3, -0.25) is 14.9 Å². The van der Waals surface area contributed by atoms with Crippen molar-refractivity contribution in [2.24, 2.45) is 0 Å². The fourth-order valence-corrected chi connectivity index (χ4v) is 2.89. The Morgan fingerprint density at radius 1 is 1.06 bits per heavy atom. The van der Waals surface area contributed by atoms with E-state index in [-0.39, 0.29) is 58.0 Å². The van der Waals surface area contributed by atoms with Crippen LogP contribution < -0.4 is 10.1 Å². The number of aromatic nitrogens is 1. The molecule has 0 spiro atoms. The van der Waals surface area contributed by atoms with Gasteiger partial charge in [-0.25, -0.2) is 9.78 Å². The molecule has 12 heteroatoms. The van der Waals surface area contributed by atoms with Gasteiger partial charge in [0.25, 0.3) is 11.6 Å². The summed E-state index contributed by atoms with van der Waals surface area (Å²) in [5.41, 5.74) is -0.323. The van der Waals surface area contributed by atoms with Crippen LogP contribution in [0, 0.1) is 10.1 Å². The Morgan fingerprint density at radius 3 is 2.39 bits per heavy atom. The van der Waals surface area contributed by atoms with Crippen LogP contribution in [-0.4, -0.2) is 45.8 Å². The summed E-state index contributed by atoms with van der Waals surface area (Å²) in [6.07, 6.45) is 1.01. The summed E-state index contributed by atoms with van der Waals surface area (Å²) in [7, 11) is 0. The number of rotatable bonds is 6. The summed E-state index contributed by atoms with van der Waals surface area (Å²) >= 11 is 11.8. The molecular formula is C19H12Cl2LiN3O6. The van der Waals surface area contributed by atoms with Crippen LogP contribution in [0.2, 0.25) is 10.0 Å². The first-order chi connectivity index (χ1) is 14.2. The Balaban J connectivity index is 0.00000341. The third-order valence-electron chi connectivity index (χ3n) is 3.80. The molecule has 1 aromatic heterocycles. The van der Waals surface area contributed by atoms with Crippen molar-refractivity contribution >= 4 is 65.3 Å². The van der Waals surface area contributed by atoms with E-state index in [0.717, 1.165) is 6.20 Å². The summed E-state index contributed by atoms with van der Waals surface area (Å²) in [4.78, 5) is 37.9. The second kappa shape index (κ2) is 10.3. The summed E-state index contributed by atoms with van der Waals surface area (Å²) in [6, 6.07) is 10.7. The molecule has 0 aliphatic heterocycles. The molecule has 0 aliphatic rings. The van der Waals surface area contributed by atoms with E-state index in [1.54, 1.807) is 0 Å². The van der Waals surface area contributed by atoms with Crippen molar-refractivity contribution in [2.75, 3.05) is 5.32 Å². The van der Waals surface area contributed by atoms with Crippen molar-refractivity contribution in [3.8, 4) is 11.6 Å². The average Bonchev–Trinajstić information content (AvgIpc) is 2.69. The monoisotopic (exact) mass is 455 g/mol. The summed E-state index contributed by atoms with van der Waals surface area (Å²) in [5.74, 6) is -1.79. The van der Waals surface area contributed by atoms with Crippen LogP contribution >= 0.6 is 23.2 Å². The van der Waals surface area contributed by atoms with E-state index in [2.05, 4.69) is 10.3 Å². The van der Waals surface area contributed by atoms with Crippen molar-refractivity contribution in [1.29, 1.82) is 0 Å². The average molecular weight is 456 g/mol. The molecule has 0 radical (unpaired) electrons. The van der Waals surface area contributed by atoms with Gasteiger partial charge in [0.2, 0.25) is 5.88 Å². The number of carbonyl (C=O) groups is 2. The number of ether oxygens (including phenoxy) is 1. The number of amides is 1. The number of benzene rings is 2. The van der Waals surface area contributed by atoms with Gasteiger partial charge < -0.3 is 15.2 Å². The molecule has 0 saturated carbocycles. The molecule has 2 N–H and O–H groups in total. The van der Waals surface area contributed by atoms with Crippen LogP contribution in [-0.2, 0) is 0 Å². The minimum absolute atomic E-state index is 0. The standard InChI is InChI=1S/C19H11Cl2N3O6.Li.H/c20-10-1-4-13(15(21)7-10)18(25)23-16-5-3-12(8-14(16)19(26)27)30-17-6-2-11(9-22-17)24(28)29;;/h1-9H,(H,23,25)(H,26,27);;. The zero-order chi connectivity index (χ0) is 21.8. The number of carbonyl (C=O) groups excluding carboxylic acids is 1. The number of anilines is 1. The molecular weight excluding hydrogens is 444 g/mol. The molecule has 3 aromatic rings. The topological polar surface area (TPSA) is 132 Å². The van der Waals surface area contributed by atoms with Crippen molar-refractivity contribution in [3.63, 3.8) is 0 Å². The van der Waals surface area contributed by atoms with E-state index < -0.39 is 16.8 Å². The maximum atomic E-state index is 12.5. The Morgan fingerprint density at radius 2 is 1.81 bits per heavy atom. The van der Waals surface area contributed by atoms with E-state index in [0.29, 0.717) is 5.02 Å². The van der Waals surface area contributed by atoms with Crippen molar-refractivity contribution in [3.05, 3.63) is 86.0 Å². The molecule has 0 saturated heterocycles. The van der Waals surface area contributed by atoms with Gasteiger partial charge in [-0.05, 0) is 36.4 Å². The Bertz CT molecular complexity index is 1160. The molecule has 1 heterocycles. The summed E-state index contributed by atoms with van der Waals surface area (Å²) < 4.78 is 5.44. The normalized spacial score (nSPS) is 10.0. The van der Waals surface area contributed by atoms with Crippen LogP contribution in [0.5, 0.6) is 11.6 Å². The van der Waals surface area contributed by atoms with Gasteiger partial charge in [0.15, 0.2) is 0 Å². The Hall–Kier alpha value is -3.09. The van der Waals surface area contributed by atoms with Gasteiger partial charge in [0.1, 0.15) is 11.9 Å². The second-order valence-corrected chi connectivity index (χ2v) is 6.65. The molecule has 0 unspecified atom stereocenters. The predicted octanol–water partition coefficient (Wildman–Crippen LogP) is 4.39. The number of hydrogen-bond donors (Lipinski definition) is 2. The summed E-state index contributed by atoms with van der Waals surface area (Å²) in [6.45, 7) is 0. The van der Waals surface area contributed by atoms with Crippen molar-refractivity contribution in [1.82, 2.24) is 4.98 Å². The fourth-order valence-electron chi connectivity index (χ4n) is 2.40.